The van der Waals surface area contributed by atoms with Gasteiger partial charge in [-0.25, -0.2) is 0 Å². The van der Waals surface area contributed by atoms with Crippen LogP contribution in [0.1, 0.15) is 90.7 Å². The molecule has 5 aliphatic carbocycles. The van der Waals surface area contributed by atoms with Gasteiger partial charge in [-0.2, -0.15) is 0 Å². The smallest absolute Gasteiger partial charge is 0.0270 e. The SMILES string of the molecule is CC1C=Cc2cc(C3=C4C=CCCC4C(C4C=CCC5C(c6ccncc6)CCCC45)c4ccccc43)ccc2C1. The summed E-state index contributed by atoms with van der Waals surface area (Å²) in [5.41, 5.74) is 11.9. The molecule has 41 heavy (non-hydrogen) atoms. The lowest BCUT2D eigenvalue weighted by molar-refractivity contribution is 0.121. The van der Waals surface area contributed by atoms with Gasteiger partial charge in [-0.1, -0.05) is 86.2 Å². The van der Waals surface area contributed by atoms with Gasteiger partial charge in [0.1, 0.15) is 0 Å². The Hall–Kier alpha value is -3.45. The summed E-state index contributed by atoms with van der Waals surface area (Å²) in [4.78, 5) is 4.33. The molecule has 0 aliphatic heterocycles. The number of benzene rings is 2. The van der Waals surface area contributed by atoms with Crippen molar-refractivity contribution in [2.45, 2.75) is 63.7 Å². The van der Waals surface area contributed by atoms with E-state index in [2.05, 4.69) is 103 Å². The first-order valence-corrected chi connectivity index (χ1v) is 16.1. The third-order valence-electron chi connectivity index (χ3n) is 11.2. The van der Waals surface area contributed by atoms with Crippen LogP contribution in [0.15, 0.2) is 103 Å². The molecule has 2 aromatic carbocycles. The Bertz CT molecular complexity index is 1570. The zero-order chi connectivity index (χ0) is 27.3. The molecule has 8 rings (SSSR count). The molecule has 1 nitrogen and oxygen atoms in total. The van der Waals surface area contributed by atoms with E-state index in [0.717, 1.165) is 18.3 Å². The second kappa shape index (κ2) is 10.4. The van der Waals surface area contributed by atoms with Crippen LogP contribution < -0.4 is 0 Å². The van der Waals surface area contributed by atoms with Gasteiger partial charge in [0.2, 0.25) is 0 Å². The van der Waals surface area contributed by atoms with Crippen molar-refractivity contribution in [3.63, 3.8) is 0 Å². The molecule has 1 saturated carbocycles. The number of allylic oxidation sites excluding steroid dienone is 6. The highest BCUT2D eigenvalue weighted by molar-refractivity contribution is 5.88. The fourth-order valence-electron chi connectivity index (χ4n) is 9.43. The van der Waals surface area contributed by atoms with Gasteiger partial charge in [-0.15, -0.1) is 0 Å². The van der Waals surface area contributed by atoms with E-state index >= 15 is 0 Å². The minimum Gasteiger partial charge on any atom is -0.265 e. The zero-order valence-electron chi connectivity index (χ0n) is 24.3. The summed E-state index contributed by atoms with van der Waals surface area (Å²) in [6.45, 7) is 2.32. The third kappa shape index (κ3) is 4.32. The highest BCUT2D eigenvalue weighted by Crippen LogP contribution is 2.58. The lowest BCUT2D eigenvalue weighted by Gasteiger charge is -2.50. The first-order valence-electron chi connectivity index (χ1n) is 16.1. The molecule has 0 saturated heterocycles. The van der Waals surface area contributed by atoms with Crippen molar-refractivity contribution in [1.29, 1.82) is 0 Å². The van der Waals surface area contributed by atoms with Crippen molar-refractivity contribution in [2.75, 3.05) is 0 Å². The molecule has 0 radical (unpaired) electrons. The zero-order valence-corrected chi connectivity index (χ0v) is 24.3. The van der Waals surface area contributed by atoms with E-state index in [1.54, 1.807) is 11.1 Å². The van der Waals surface area contributed by atoms with Crippen LogP contribution in [0.4, 0.5) is 0 Å². The van der Waals surface area contributed by atoms with Crippen LogP contribution in [0.25, 0.3) is 11.6 Å². The van der Waals surface area contributed by atoms with E-state index in [1.165, 1.54) is 71.9 Å². The van der Waals surface area contributed by atoms with E-state index in [-0.39, 0.29) is 0 Å². The summed E-state index contributed by atoms with van der Waals surface area (Å²) in [5, 5.41) is 0. The third-order valence-corrected chi connectivity index (χ3v) is 11.2. The molecule has 1 heterocycles. The second-order valence-corrected chi connectivity index (χ2v) is 13.4. The molecule has 1 aromatic heterocycles. The Morgan fingerprint density at radius 2 is 1.71 bits per heavy atom. The standard InChI is InChI=1S/C40H41N/c1-26-16-17-29-25-30(19-18-28(29)24-26)39-35-8-2-4-10-37(35)40(38-11-5-3-9-36(38)39)34-15-7-13-32-31(12-6-14-33(32)34)27-20-22-41-23-21-27/h2-4,7-10,15-23,25-26,31-34,38,40H,5-6,11-14,24H2,1H3. The van der Waals surface area contributed by atoms with Crippen LogP contribution in [0.5, 0.6) is 0 Å². The average molecular weight is 536 g/mol. The minimum atomic E-state index is 0.550. The van der Waals surface area contributed by atoms with Crippen molar-refractivity contribution < 1.29 is 0 Å². The number of nitrogens with zero attached hydrogens (tertiary/aromatic N) is 1. The second-order valence-electron chi connectivity index (χ2n) is 13.4. The molecule has 1 heteroatoms. The maximum absolute atomic E-state index is 4.33. The van der Waals surface area contributed by atoms with Crippen LogP contribution in [-0.2, 0) is 6.42 Å². The van der Waals surface area contributed by atoms with Crippen LogP contribution in [0, 0.1) is 29.6 Å². The van der Waals surface area contributed by atoms with Gasteiger partial charge in [0.15, 0.2) is 0 Å². The first-order chi connectivity index (χ1) is 20.3. The number of rotatable bonds is 3. The topological polar surface area (TPSA) is 12.9 Å². The fraction of sp³-hybridized carbons (Fsp3) is 0.375. The van der Waals surface area contributed by atoms with Crippen molar-refractivity contribution in [3.05, 3.63) is 136 Å². The fourth-order valence-corrected chi connectivity index (χ4v) is 9.43. The molecule has 0 bridgehead atoms. The van der Waals surface area contributed by atoms with Crippen LogP contribution in [-0.4, -0.2) is 4.98 Å². The van der Waals surface area contributed by atoms with Crippen LogP contribution in [0.2, 0.25) is 0 Å². The highest BCUT2D eigenvalue weighted by Gasteiger charge is 2.46. The largest absolute Gasteiger partial charge is 0.265 e. The molecule has 206 valence electrons. The Morgan fingerprint density at radius 1 is 0.805 bits per heavy atom. The van der Waals surface area contributed by atoms with Crippen LogP contribution >= 0.6 is 0 Å². The number of fused-ring (bicyclic) bond motifs is 4. The van der Waals surface area contributed by atoms with E-state index in [9.17, 15) is 0 Å². The maximum Gasteiger partial charge on any atom is 0.0270 e. The lowest BCUT2D eigenvalue weighted by atomic mass is 9.54. The summed E-state index contributed by atoms with van der Waals surface area (Å²) in [5.74, 6) is 4.49. The van der Waals surface area contributed by atoms with Gasteiger partial charge in [0.05, 0.1) is 0 Å². The van der Waals surface area contributed by atoms with Gasteiger partial charge in [-0.3, -0.25) is 4.98 Å². The summed E-state index contributed by atoms with van der Waals surface area (Å²) < 4.78 is 0. The molecule has 0 spiro atoms. The molecule has 5 aliphatic rings. The molecule has 7 atom stereocenters. The average Bonchev–Trinajstić information content (AvgIpc) is 3.03. The van der Waals surface area contributed by atoms with E-state index in [4.69, 9.17) is 0 Å². The number of hydrogen-bond donors (Lipinski definition) is 0. The van der Waals surface area contributed by atoms with Crippen molar-refractivity contribution in [2.24, 2.45) is 29.6 Å². The molecule has 0 N–H and O–H groups in total. The first kappa shape index (κ1) is 25.3. The highest BCUT2D eigenvalue weighted by atomic mass is 14.6. The van der Waals surface area contributed by atoms with Crippen molar-refractivity contribution in [3.8, 4) is 0 Å². The summed E-state index contributed by atoms with van der Waals surface area (Å²) >= 11 is 0. The van der Waals surface area contributed by atoms with Gasteiger partial charge < -0.3 is 0 Å². The number of pyridine rings is 1. The van der Waals surface area contributed by atoms with E-state index in [0.29, 0.717) is 29.6 Å². The number of aromatic nitrogens is 1. The maximum atomic E-state index is 4.33. The van der Waals surface area contributed by atoms with Crippen molar-refractivity contribution in [1.82, 2.24) is 4.98 Å². The molecule has 0 amide bonds. The van der Waals surface area contributed by atoms with E-state index < -0.39 is 0 Å². The normalized spacial score (nSPS) is 31.7. The molecule has 7 unspecified atom stereocenters. The van der Waals surface area contributed by atoms with E-state index in [1.807, 2.05) is 12.4 Å². The Kier molecular flexibility index (Phi) is 6.43. The van der Waals surface area contributed by atoms with Gasteiger partial charge >= 0.3 is 0 Å². The summed E-state index contributed by atoms with van der Waals surface area (Å²) in [7, 11) is 0. The Labute approximate surface area is 245 Å². The predicted molar refractivity (Wildman–Crippen MR) is 170 cm³/mol. The summed E-state index contributed by atoms with van der Waals surface area (Å²) in [6, 6.07) is 21.3. The predicted octanol–water partition coefficient (Wildman–Crippen LogP) is 9.93. The van der Waals surface area contributed by atoms with Gasteiger partial charge in [-0.05, 0) is 143 Å². The number of hydrogen-bond acceptors (Lipinski definition) is 1. The Balaban J connectivity index is 1.23. The van der Waals surface area contributed by atoms with Crippen molar-refractivity contribution >= 4 is 11.6 Å². The Morgan fingerprint density at radius 3 is 2.63 bits per heavy atom. The quantitative estimate of drug-likeness (QED) is 0.304. The van der Waals surface area contributed by atoms with Gasteiger partial charge in [0, 0.05) is 12.4 Å². The molecule has 3 aromatic rings. The van der Waals surface area contributed by atoms with Crippen LogP contribution in [0.3, 0.4) is 0 Å². The minimum absolute atomic E-state index is 0.550. The summed E-state index contributed by atoms with van der Waals surface area (Å²) in [6.07, 6.45) is 27.7. The molecule has 1 fully saturated rings. The monoisotopic (exact) mass is 535 g/mol. The van der Waals surface area contributed by atoms with Gasteiger partial charge in [0.25, 0.3) is 0 Å². The lowest BCUT2D eigenvalue weighted by Crippen LogP contribution is -2.39. The molecular weight excluding hydrogens is 494 g/mol. The molecular formula is C40H41N.